The minimum absolute atomic E-state index is 0.0720. The zero-order valence-electron chi connectivity index (χ0n) is 16.1. The number of thioether (sulfide) groups is 1. The van der Waals surface area contributed by atoms with Gasteiger partial charge in [-0.05, 0) is 23.7 Å². The number of ether oxygens (including phenoxy) is 1. The van der Waals surface area contributed by atoms with Crippen molar-refractivity contribution >= 4 is 23.5 Å². The zero-order chi connectivity index (χ0) is 19.2. The predicted molar refractivity (Wildman–Crippen MR) is 106 cm³/mol. The van der Waals surface area contributed by atoms with E-state index in [0.717, 1.165) is 34.8 Å². The first-order valence-corrected chi connectivity index (χ1v) is 10.2. The van der Waals surface area contributed by atoms with Crippen molar-refractivity contribution in [3.63, 3.8) is 0 Å². The Hall–Kier alpha value is -2.28. The smallest absolute Gasteiger partial charge is 0.227 e. The van der Waals surface area contributed by atoms with Crippen molar-refractivity contribution in [2.75, 3.05) is 18.2 Å². The Morgan fingerprint density at radius 1 is 1.33 bits per heavy atom. The van der Waals surface area contributed by atoms with Crippen LogP contribution in [0.3, 0.4) is 0 Å². The van der Waals surface area contributed by atoms with Crippen LogP contribution in [0.1, 0.15) is 45.2 Å². The molecule has 142 valence electrons. The molecule has 0 radical (unpaired) electrons. The lowest BCUT2D eigenvalue weighted by Gasteiger charge is -2.38. The SMILES string of the molecule is CCSc1nc2n(n1)[C@@H](c1ccccc1OC)C1=C(CC(C)(C)CC1=O)N2. The van der Waals surface area contributed by atoms with E-state index in [9.17, 15) is 4.79 Å². The molecule has 1 atom stereocenters. The second kappa shape index (κ2) is 6.71. The number of allylic oxidation sites excluding steroid dienone is 2. The summed E-state index contributed by atoms with van der Waals surface area (Å²) in [6, 6.07) is 7.51. The maximum Gasteiger partial charge on any atom is 0.227 e. The highest BCUT2D eigenvalue weighted by Crippen LogP contribution is 2.47. The van der Waals surface area contributed by atoms with Crippen molar-refractivity contribution in [1.29, 1.82) is 0 Å². The van der Waals surface area contributed by atoms with Crippen molar-refractivity contribution in [3.05, 3.63) is 41.1 Å². The molecule has 4 rings (SSSR count). The molecule has 27 heavy (non-hydrogen) atoms. The number of nitrogens with zero attached hydrogens (tertiary/aromatic N) is 3. The topological polar surface area (TPSA) is 69.0 Å². The summed E-state index contributed by atoms with van der Waals surface area (Å²) in [4.78, 5) is 17.8. The molecule has 2 heterocycles. The normalized spacial score (nSPS) is 20.7. The first-order chi connectivity index (χ1) is 12.9. The molecule has 0 spiro atoms. The number of ketones is 1. The molecule has 1 aliphatic heterocycles. The van der Waals surface area contributed by atoms with E-state index in [1.807, 2.05) is 28.9 Å². The monoisotopic (exact) mass is 384 g/mol. The lowest BCUT2D eigenvalue weighted by molar-refractivity contribution is -0.118. The van der Waals surface area contributed by atoms with E-state index in [1.165, 1.54) is 0 Å². The van der Waals surface area contributed by atoms with Crippen LogP contribution in [0, 0.1) is 5.41 Å². The summed E-state index contributed by atoms with van der Waals surface area (Å²) in [6.07, 6.45) is 1.34. The van der Waals surface area contributed by atoms with Gasteiger partial charge >= 0.3 is 0 Å². The minimum Gasteiger partial charge on any atom is -0.496 e. The van der Waals surface area contributed by atoms with Gasteiger partial charge in [-0.2, -0.15) is 4.98 Å². The molecule has 2 aliphatic rings. The third-order valence-electron chi connectivity index (χ3n) is 5.02. The van der Waals surface area contributed by atoms with Crippen molar-refractivity contribution in [3.8, 4) is 5.75 Å². The summed E-state index contributed by atoms with van der Waals surface area (Å²) >= 11 is 1.59. The van der Waals surface area contributed by atoms with Gasteiger partial charge in [0, 0.05) is 23.3 Å². The van der Waals surface area contributed by atoms with Gasteiger partial charge in [-0.15, -0.1) is 5.10 Å². The molecule has 1 aromatic carbocycles. The molecule has 0 amide bonds. The van der Waals surface area contributed by atoms with Crippen molar-refractivity contribution < 1.29 is 9.53 Å². The maximum absolute atomic E-state index is 13.2. The molecule has 0 saturated heterocycles. The van der Waals surface area contributed by atoms with Gasteiger partial charge in [0.1, 0.15) is 11.8 Å². The Morgan fingerprint density at radius 2 is 2.11 bits per heavy atom. The molecular formula is C20H24N4O2S. The van der Waals surface area contributed by atoms with Gasteiger partial charge in [0.25, 0.3) is 0 Å². The summed E-state index contributed by atoms with van der Waals surface area (Å²) in [6.45, 7) is 6.34. The molecular weight excluding hydrogens is 360 g/mol. The number of carbonyl (C=O) groups excluding carboxylic acids is 1. The molecule has 1 aromatic heterocycles. The third kappa shape index (κ3) is 3.14. The highest BCUT2D eigenvalue weighted by molar-refractivity contribution is 7.99. The fraction of sp³-hybridized carbons (Fsp3) is 0.450. The highest BCUT2D eigenvalue weighted by atomic mass is 32.2. The van der Waals surface area contributed by atoms with E-state index in [2.05, 4.69) is 31.1 Å². The molecule has 7 heteroatoms. The number of hydrogen-bond donors (Lipinski definition) is 1. The number of nitrogens with one attached hydrogen (secondary N) is 1. The summed E-state index contributed by atoms with van der Waals surface area (Å²) in [5, 5.41) is 8.81. The van der Waals surface area contributed by atoms with Gasteiger partial charge in [0.2, 0.25) is 11.1 Å². The van der Waals surface area contributed by atoms with Crippen LogP contribution in [-0.4, -0.2) is 33.4 Å². The van der Waals surface area contributed by atoms with Crippen LogP contribution < -0.4 is 10.1 Å². The number of rotatable bonds is 4. The van der Waals surface area contributed by atoms with Crippen molar-refractivity contribution in [2.45, 2.75) is 44.8 Å². The molecule has 1 aliphatic carbocycles. The first kappa shape index (κ1) is 18.1. The Bertz CT molecular complexity index is 932. The number of anilines is 1. The molecule has 0 unspecified atom stereocenters. The number of hydrogen-bond acceptors (Lipinski definition) is 6. The number of para-hydroxylation sites is 1. The lowest BCUT2D eigenvalue weighted by Crippen LogP contribution is -2.36. The number of methoxy groups -OCH3 is 1. The Kier molecular flexibility index (Phi) is 4.50. The standard InChI is InChI=1S/C20H24N4O2S/c1-5-27-19-22-18-21-13-10-20(2,3)11-14(25)16(13)17(24(18)23-19)12-8-6-7-9-15(12)26-4/h6-9,17H,5,10-11H2,1-4H3,(H,21,22,23)/t17-/m0/s1. The van der Waals surface area contributed by atoms with Crippen LogP contribution in [-0.2, 0) is 4.79 Å². The quantitative estimate of drug-likeness (QED) is 0.802. The van der Waals surface area contributed by atoms with Gasteiger partial charge in [-0.3, -0.25) is 4.79 Å². The first-order valence-electron chi connectivity index (χ1n) is 9.19. The maximum atomic E-state index is 13.2. The average molecular weight is 385 g/mol. The van der Waals surface area contributed by atoms with E-state index in [0.29, 0.717) is 17.5 Å². The van der Waals surface area contributed by atoms with Gasteiger partial charge in [0.15, 0.2) is 5.78 Å². The molecule has 0 saturated carbocycles. The number of Topliss-reactive ketones (excluding diaryl/α,β-unsaturated/α-hetero) is 1. The van der Waals surface area contributed by atoms with Gasteiger partial charge < -0.3 is 10.1 Å². The Morgan fingerprint density at radius 3 is 2.85 bits per heavy atom. The molecule has 1 N–H and O–H groups in total. The number of fused-ring (bicyclic) bond motifs is 1. The van der Waals surface area contributed by atoms with Crippen LogP contribution in [0.5, 0.6) is 5.75 Å². The van der Waals surface area contributed by atoms with Crippen molar-refractivity contribution in [1.82, 2.24) is 14.8 Å². The van der Waals surface area contributed by atoms with E-state index in [4.69, 9.17) is 9.84 Å². The molecule has 6 nitrogen and oxygen atoms in total. The molecule has 2 aromatic rings. The summed E-state index contributed by atoms with van der Waals surface area (Å²) < 4.78 is 7.44. The van der Waals surface area contributed by atoms with E-state index in [-0.39, 0.29) is 17.2 Å². The average Bonchev–Trinajstić information content (AvgIpc) is 3.01. The Labute approximate surface area is 163 Å². The van der Waals surface area contributed by atoms with Gasteiger partial charge in [0.05, 0.1) is 7.11 Å². The fourth-order valence-corrected chi connectivity index (χ4v) is 4.51. The second-order valence-corrected chi connectivity index (χ2v) is 8.93. The number of benzene rings is 1. The summed E-state index contributed by atoms with van der Waals surface area (Å²) in [5.74, 6) is 2.49. The highest BCUT2D eigenvalue weighted by Gasteiger charge is 2.42. The van der Waals surface area contributed by atoms with Crippen LogP contribution in [0.4, 0.5) is 5.95 Å². The largest absolute Gasteiger partial charge is 0.496 e. The zero-order valence-corrected chi connectivity index (χ0v) is 16.9. The molecule has 0 fully saturated rings. The van der Waals surface area contributed by atoms with E-state index in [1.54, 1.807) is 18.9 Å². The summed E-state index contributed by atoms with van der Waals surface area (Å²) in [7, 11) is 1.65. The number of carbonyl (C=O) groups is 1. The minimum atomic E-state index is -0.324. The second-order valence-electron chi connectivity index (χ2n) is 7.70. The van der Waals surface area contributed by atoms with E-state index >= 15 is 0 Å². The van der Waals surface area contributed by atoms with Crippen LogP contribution in [0.25, 0.3) is 0 Å². The van der Waals surface area contributed by atoms with Crippen molar-refractivity contribution in [2.24, 2.45) is 5.41 Å². The summed E-state index contributed by atoms with van der Waals surface area (Å²) in [5.41, 5.74) is 2.60. The van der Waals surface area contributed by atoms with E-state index < -0.39 is 0 Å². The van der Waals surface area contributed by atoms with Crippen LogP contribution >= 0.6 is 11.8 Å². The lowest BCUT2D eigenvalue weighted by atomic mass is 9.73. The molecule has 0 bridgehead atoms. The van der Waals surface area contributed by atoms with Crippen LogP contribution in [0.15, 0.2) is 40.7 Å². The van der Waals surface area contributed by atoms with Gasteiger partial charge in [-0.25, -0.2) is 4.68 Å². The fourth-order valence-electron chi connectivity index (χ4n) is 3.96. The van der Waals surface area contributed by atoms with Gasteiger partial charge in [-0.1, -0.05) is 50.7 Å². The Balaban J connectivity index is 1.92. The third-order valence-corrected chi connectivity index (χ3v) is 5.74. The van der Waals surface area contributed by atoms with Crippen LogP contribution in [0.2, 0.25) is 0 Å². The number of aromatic nitrogens is 3. The predicted octanol–water partition coefficient (Wildman–Crippen LogP) is 4.06.